The molecule has 0 aliphatic carbocycles. The molecular formula is C11H14N4. The Bertz CT molecular complexity index is 423. The van der Waals surface area contributed by atoms with Crippen LogP contribution in [-0.2, 0) is 0 Å². The number of piperidine rings is 1. The summed E-state index contributed by atoms with van der Waals surface area (Å²) in [5.74, 6) is 0.568. The Morgan fingerprint density at radius 1 is 1.47 bits per heavy atom. The fourth-order valence-electron chi connectivity index (χ4n) is 2.16. The molecule has 1 aliphatic heterocycles. The fraction of sp³-hybridized carbons (Fsp3) is 0.455. The molecule has 3 heterocycles. The number of rotatable bonds is 1. The number of aromatic nitrogens is 3. The molecule has 1 saturated heterocycles. The van der Waals surface area contributed by atoms with Gasteiger partial charge in [0.2, 0.25) is 0 Å². The third-order valence-electron chi connectivity index (χ3n) is 3.00. The Kier molecular flexibility index (Phi) is 2.14. The van der Waals surface area contributed by atoms with Gasteiger partial charge in [-0.15, -0.1) is 0 Å². The molecule has 78 valence electrons. The van der Waals surface area contributed by atoms with Crippen molar-refractivity contribution in [1.29, 1.82) is 0 Å². The van der Waals surface area contributed by atoms with E-state index >= 15 is 0 Å². The molecule has 3 rings (SSSR count). The van der Waals surface area contributed by atoms with Gasteiger partial charge in [0.25, 0.3) is 0 Å². The Morgan fingerprint density at radius 2 is 2.47 bits per heavy atom. The average molecular weight is 202 g/mol. The van der Waals surface area contributed by atoms with Gasteiger partial charge in [-0.05, 0) is 19.4 Å². The summed E-state index contributed by atoms with van der Waals surface area (Å²) in [6, 6.07) is 0. The van der Waals surface area contributed by atoms with Crippen LogP contribution >= 0.6 is 0 Å². The minimum Gasteiger partial charge on any atom is -0.316 e. The summed E-state index contributed by atoms with van der Waals surface area (Å²) in [6.45, 7) is 2.20. The molecule has 0 bridgehead atoms. The number of imidazole rings is 1. The van der Waals surface area contributed by atoms with Gasteiger partial charge in [0.1, 0.15) is 0 Å². The molecule has 0 radical (unpaired) electrons. The highest BCUT2D eigenvalue weighted by Crippen LogP contribution is 2.22. The van der Waals surface area contributed by atoms with Gasteiger partial charge < -0.3 is 9.72 Å². The van der Waals surface area contributed by atoms with E-state index in [9.17, 15) is 0 Å². The zero-order chi connectivity index (χ0) is 10.1. The topological polar surface area (TPSA) is 42.2 Å². The monoisotopic (exact) mass is 202 g/mol. The van der Waals surface area contributed by atoms with Crippen LogP contribution in [0.4, 0.5) is 0 Å². The molecule has 1 unspecified atom stereocenters. The van der Waals surface area contributed by atoms with Crippen LogP contribution < -0.4 is 5.32 Å². The molecule has 1 aliphatic rings. The maximum absolute atomic E-state index is 4.60. The molecule has 2 aromatic rings. The van der Waals surface area contributed by atoms with Gasteiger partial charge in [0, 0.05) is 31.1 Å². The first-order valence-corrected chi connectivity index (χ1v) is 5.43. The lowest BCUT2D eigenvalue weighted by Gasteiger charge is -2.20. The fourth-order valence-corrected chi connectivity index (χ4v) is 2.16. The molecule has 4 heteroatoms. The van der Waals surface area contributed by atoms with Crippen molar-refractivity contribution in [3.63, 3.8) is 0 Å². The first kappa shape index (κ1) is 8.85. The summed E-state index contributed by atoms with van der Waals surface area (Å²) in [5, 5.41) is 3.41. The largest absolute Gasteiger partial charge is 0.316 e. The highest BCUT2D eigenvalue weighted by Gasteiger charge is 2.17. The smallest absolute Gasteiger partial charge is 0.155 e. The second-order valence-electron chi connectivity index (χ2n) is 4.05. The summed E-state index contributed by atoms with van der Waals surface area (Å²) in [5.41, 5.74) is 2.13. The standard InChI is InChI=1S/C11H14N4/c1-2-9(6-12-3-1)10-8-15-5-4-13-7-11(15)14-10/h4-5,7-9,12H,1-3,6H2. The van der Waals surface area contributed by atoms with E-state index in [2.05, 4.69) is 21.5 Å². The molecule has 0 spiro atoms. The molecular weight excluding hydrogens is 188 g/mol. The van der Waals surface area contributed by atoms with Crippen molar-refractivity contribution in [2.24, 2.45) is 0 Å². The van der Waals surface area contributed by atoms with Gasteiger partial charge in [-0.2, -0.15) is 0 Å². The van der Waals surface area contributed by atoms with Crippen LogP contribution in [0.5, 0.6) is 0 Å². The van der Waals surface area contributed by atoms with Gasteiger partial charge in [0.05, 0.1) is 11.9 Å². The Labute approximate surface area is 88.4 Å². The maximum atomic E-state index is 4.60. The average Bonchev–Trinajstić information content (AvgIpc) is 2.74. The van der Waals surface area contributed by atoms with Crippen LogP contribution in [0.2, 0.25) is 0 Å². The van der Waals surface area contributed by atoms with Crippen LogP contribution in [0.15, 0.2) is 24.8 Å². The number of nitrogens with one attached hydrogen (secondary N) is 1. The van der Waals surface area contributed by atoms with Gasteiger partial charge in [-0.3, -0.25) is 4.98 Å². The molecule has 15 heavy (non-hydrogen) atoms. The van der Waals surface area contributed by atoms with Crippen LogP contribution in [0.1, 0.15) is 24.5 Å². The van der Waals surface area contributed by atoms with Crippen LogP contribution in [0.3, 0.4) is 0 Å². The van der Waals surface area contributed by atoms with Crippen LogP contribution in [-0.4, -0.2) is 27.5 Å². The summed E-state index contributed by atoms with van der Waals surface area (Å²) in [6.07, 6.45) is 10.1. The SMILES string of the molecule is c1cn2cc(C3CCCNC3)nc2cn1. The van der Waals surface area contributed by atoms with E-state index in [0.29, 0.717) is 5.92 Å². The van der Waals surface area contributed by atoms with E-state index in [0.717, 1.165) is 18.7 Å². The lowest BCUT2D eigenvalue weighted by molar-refractivity contribution is 0.456. The van der Waals surface area contributed by atoms with Crippen molar-refractivity contribution >= 4 is 5.65 Å². The predicted octanol–water partition coefficient (Wildman–Crippen LogP) is 1.20. The number of fused-ring (bicyclic) bond motifs is 1. The molecule has 1 fully saturated rings. The van der Waals surface area contributed by atoms with E-state index in [4.69, 9.17) is 0 Å². The molecule has 0 aromatic carbocycles. The van der Waals surface area contributed by atoms with Crippen molar-refractivity contribution in [1.82, 2.24) is 19.7 Å². The number of nitrogens with zero attached hydrogens (tertiary/aromatic N) is 3. The zero-order valence-corrected chi connectivity index (χ0v) is 8.56. The normalized spacial score (nSPS) is 22.0. The Morgan fingerprint density at radius 3 is 3.27 bits per heavy atom. The molecule has 0 amide bonds. The number of hydrogen-bond donors (Lipinski definition) is 1. The second-order valence-corrected chi connectivity index (χ2v) is 4.05. The third-order valence-corrected chi connectivity index (χ3v) is 3.00. The minimum absolute atomic E-state index is 0.568. The van der Waals surface area contributed by atoms with Gasteiger partial charge >= 0.3 is 0 Å². The zero-order valence-electron chi connectivity index (χ0n) is 8.56. The van der Waals surface area contributed by atoms with E-state index < -0.39 is 0 Å². The lowest BCUT2D eigenvalue weighted by atomic mass is 9.97. The van der Waals surface area contributed by atoms with Crippen molar-refractivity contribution < 1.29 is 0 Å². The third kappa shape index (κ3) is 1.61. The first-order valence-electron chi connectivity index (χ1n) is 5.43. The Balaban J connectivity index is 1.96. The second kappa shape index (κ2) is 3.62. The van der Waals surface area contributed by atoms with Gasteiger partial charge in [0.15, 0.2) is 5.65 Å². The van der Waals surface area contributed by atoms with Crippen molar-refractivity contribution in [2.75, 3.05) is 13.1 Å². The van der Waals surface area contributed by atoms with Crippen LogP contribution in [0, 0.1) is 0 Å². The lowest BCUT2D eigenvalue weighted by Crippen LogP contribution is -2.28. The molecule has 1 N–H and O–H groups in total. The summed E-state index contributed by atoms with van der Waals surface area (Å²) in [7, 11) is 0. The van der Waals surface area contributed by atoms with Crippen molar-refractivity contribution in [3.8, 4) is 0 Å². The first-order chi connectivity index (χ1) is 7.43. The van der Waals surface area contributed by atoms with E-state index in [1.807, 2.05) is 10.6 Å². The number of hydrogen-bond acceptors (Lipinski definition) is 3. The molecule has 0 saturated carbocycles. The van der Waals surface area contributed by atoms with Gasteiger partial charge in [-0.1, -0.05) is 0 Å². The van der Waals surface area contributed by atoms with E-state index in [-0.39, 0.29) is 0 Å². The quantitative estimate of drug-likeness (QED) is 0.755. The van der Waals surface area contributed by atoms with E-state index in [1.54, 1.807) is 12.4 Å². The van der Waals surface area contributed by atoms with Crippen molar-refractivity contribution in [2.45, 2.75) is 18.8 Å². The molecule has 4 nitrogen and oxygen atoms in total. The molecule has 2 aromatic heterocycles. The highest BCUT2D eigenvalue weighted by atomic mass is 15.0. The molecule has 1 atom stereocenters. The summed E-state index contributed by atoms with van der Waals surface area (Å²) in [4.78, 5) is 8.67. The van der Waals surface area contributed by atoms with Gasteiger partial charge in [-0.25, -0.2) is 4.98 Å². The summed E-state index contributed by atoms with van der Waals surface area (Å²) >= 11 is 0. The maximum Gasteiger partial charge on any atom is 0.155 e. The van der Waals surface area contributed by atoms with E-state index in [1.165, 1.54) is 18.5 Å². The summed E-state index contributed by atoms with van der Waals surface area (Å²) < 4.78 is 2.04. The van der Waals surface area contributed by atoms with Crippen LogP contribution in [0.25, 0.3) is 5.65 Å². The highest BCUT2D eigenvalue weighted by molar-refractivity contribution is 5.37. The van der Waals surface area contributed by atoms with Crippen molar-refractivity contribution in [3.05, 3.63) is 30.5 Å². The Hall–Kier alpha value is -1.42. The minimum atomic E-state index is 0.568. The predicted molar refractivity (Wildman–Crippen MR) is 57.8 cm³/mol.